The number of aromatic nitrogens is 2. The van der Waals surface area contributed by atoms with Crippen LogP contribution in [0.5, 0.6) is 0 Å². The molecule has 0 aliphatic heterocycles. The third-order valence-electron chi connectivity index (χ3n) is 4.05. The lowest BCUT2D eigenvalue weighted by atomic mass is 10.1. The second kappa shape index (κ2) is 7.19. The fourth-order valence-electron chi connectivity index (χ4n) is 2.91. The Kier molecular flexibility index (Phi) is 4.76. The molecule has 132 valence electrons. The smallest absolute Gasteiger partial charge is 0.275 e. The summed E-state index contributed by atoms with van der Waals surface area (Å²) in [5.41, 5.74) is 0.748. The van der Waals surface area contributed by atoms with Crippen LogP contribution in [0.15, 0.2) is 67.8 Å². The van der Waals surface area contributed by atoms with E-state index in [0.29, 0.717) is 23.3 Å². The van der Waals surface area contributed by atoms with Crippen molar-refractivity contribution in [1.29, 1.82) is 0 Å². The minimum atomic E-state index is -0.0895. The molecule has 0 atom stereocenters. The summed E-state index contributed by atoms with van der Waals surface area (Å²) in [4.78, 5) is 15.9. The third-order valence-corrected chi connectivity index (χ3v) is 5.36. The van der Waals surface area contributed by atoms with Gasteiger partial charge in [-0.1, -0.05) is 24.3 Å². The van der Waals surface area contributed by atoms with Crippen LogP contribution < -0.4 is 5.56 Å². The maximum Gasteiger partial charge on any atom is 0.275 e. The van der Waals surface area contributed by atoms with Crippen molar-refractivity contribution in [2.24, 2.45) is 0 Å². The standard InChI is InChI=1S/C19H16BrN3O2S/c1-22(11-13-8-9-17(20)25-13)12-23-19(24)15-6-3-2-5-14(15)18(21-23)16-7-4-10-26-16/h2-10H,11-12H2,1H3. The van der Waals surface area contributed by atoms with E-state index in [1.807, 2.05) is 65.9 Å². The summed E-state index contributed by atoms with van der Waals surface area (Å²) in [5.74, 6) is 0.826. The van der Waals surface area contributed by atoms with Gasteiger partial charge in [0, 0.05) is 5.39 Å². The molecule has 0 spiro atoms. The average molecular weight is 430 g/mol. The van der Waals surface area contributed by atoms with Gasteiger partial charge in [-0.15, -0.1) is 11.3 Å². The lowest BCUT2D eigenvalue weighted by molar-refractivity contribution is 0.222. The van der Waals surface area contributed by atoms with Crippen LogP contribution in [0.1, 0.15) is 5.76 Å². The SMILES string of the molecule is CN(Cc1ccc(Br)o1)Cn1nc(-c2cccs2)c2ccccc2c1=O. The molecule has 0 fully saturated rings. The van der Waals surface area contributed by atoms with Crippen molar-refractivity contribution in [3.8, 4) is 10.6 Å². The van der Waals surface area contributed by atoms with Crippen molar-refractivity contribution < 1.29 is 4.42 Å². The molecule has 0 bridgehead atoms. The summed E-state index contributed by atoms with van der Waals surface area (Å²) in [6, 6.07) is 15.4. The minimum Gasteiger partial charge on any atom is -0.453 e. The molecule has 0 aliphatic carbocycles. The molecular weight excluding hydrogens is 414 g/mol. The molecule has 4 aromatic rings. The van der Waals surface area contributed by atoms with E-state index >= 15 is 0 Å². The quantitative estimate of drug-likeness (QED) is 0.466. The van der Waals surface area contributed by atoms with Crippen LogP contribution in [0.25, 0.3) is 21.3 Å². The summed E-state index contributed by atoms with van der Waals surface area (Å²) in [5, 5.41) is 8.24. The van der Waals surface area contributed by atoms with Gasteiger partial charge in [0.1, 0.15) is 11.5 Å². The molecule has 0 unspecified atom stereocenters. The fourth-order valence-corrected chi connectivity index (χ4v) is 3.97. The first-order valence-electron chi connectivity index (χ1n) is 8.08. The zero-order chi connectivity index (χ0) is 18.1. The first-order valence-corrected chi connectivity index (χ1v) is 9.75. The molecule has 7 heteroatoms. The number of hydrogen-bond donors (Lipinski definition) is 0. The Hall–Kier alpha value is -2.22. The van der Waals surface area contributed by atoms with Crippen molar-refractivity contribution >= 4 is 38.0 Å². The van der Waals surface area contributed by atoms with E-state index in [1.165, 1.54) is 4.68 Å². The molecule has 0 saturated carbocycles. The first kappa shape index (κ1) is 17.2. The molecule has 1 aromatic carbocycles. The number of fused-ring (bicyclic) bond motifs is 1. The summed E-state index contributed by atoms with van der Waals surface area (Å²) in [6.45, 7) is 0.960. The van der Waals surface area contributed by atoms with Gasteiger partial charge in [0.05, 0.1) is 23.5 Å². The molecule has 0 amide bonds. The Labute approximate surface area is 162 Å². The highest BCUT2D eigenvalue weighted by Crippen LogP contribution is 2.28. The summed E-state index contributed by atoms with van der Waals surface area (Å²) in [7, 11) is 1.94. The monoisotopic (exact) mass is 429 g/mol. The Morgan fingerprint density at radius 1 is 1.15 bits per heavy atom. The van der Waals surface area contributed by atoms with Crippen LogP contribution in [0.4, 0.5) is 0 Å². The number of rotatable bonds is 5. The van der Waals surface area contributed by atoms with E-state index in [1.54, 1.807) is 11.3 Å². The predicted molar refractivity (Wildman–Crippen MR) is 107 cm³/mol. The maximum absolute atomic E-state index is 12.9. The zero-order valence-electron chi connectivity index (χ0n) is 14.1. The highest BCUT2D eigenvalue weighted by molar-refractivity contribution is 9.10. The van der Waals surface area contributed by atoms with Crippen LogP contribution in [-0.4, -0.2) is 21.7 Å². The third kappa shape index (κ3) is 3.38. The van der Waals surface area contributed by atoms with Gasteiger partial charge < -0.3 is 4.42 Å². The first-order chi connectivity index (χ1) is 12.6. The minimum absolute atomic E-state index is 0.0895. The lowest BCUT2D eigenvalue weighted by Gasteiger charge is -2.17. The largest absolute Gasteiger partial charge is 0.453 e. The molecule has 3 heterocycles. The van der Waals surface area contributed by atoms with Gasteiger partial charge in [-0.3, -0.25) is 9.69 Å². The second-order valence-electron chi connectivity index (χ2n) is 6.04. The van der Waals surface area contributed by atoms with Crippen LogP contribution in [0.2, 0.25) is 0 Å². The second-order valence-corrected chi connectivity index (χ2v) is 7.77. The molecule has 0 aliphatic rings. The van der Waals surface area contributed by atoms with E-state index in [0.717, 1.165) is 21.7 Å². The Morgan fingerprint density at radius 2 is 1.96 bits per heavy atom. The van der Waals surface area contributed by atoms with Gasteiger partial charge in [0.15, 0.2) is 4.67 Å². The molecule has 0 N–H and O–H groups in total. The summed E-state index contributed by atoms with van der Waals surface area (Å²) >= 11 is 4.93. The zero-order valence-corrected chi connectivity index (χ0v) is 16.5. The highest BCUT2D eigenvalue weighted by Gasteiger charge is 2.14. The van der Waals surface area contributed by atoms with Crippen LogP contribution in [0.3, 0.4) is 0 Å². The van der Waals surface area contributed by atoms with Gasteiger partial charge in [-0.25, -0.2) is 4.68 Å². The van der Waals surface area contributed by atoms with E-state index < -0.39 is 0 Å². The van der Waals surface area contributed by atoms with Gasteiger partial charge >= 0.3 is 0 Å². The van der Waals surface area contributed by atoms with Gasteiger partial charge in [-0.05, 0) is 52.6 Å². The number of hydrogen-bond acceptors (Lipinski definition) is 5. The van der Waals surface area contributed by atoms with Gasteiger partial charge in [0.25, 0.3) is 5.56 Å². The predicted octanol–water partition coefficient (Wildman–Crippen LogP) is 4.57. The van der Waals surface area contributed by atoms with E-state index in [2.05, 4.69) is 21.0 Å². The summed E-state index contributed by atoms with van der Waals surface area (Å²) < 4.78 is 7.76. The topological polar surface area (TPSA) is 51.3 Å². The molecule has 0 radical (unpaired) electrons. The molecule has 0 saturated heterocycles. The molecule has 4 rings (SSSR count). The molecule has 26 heavy (non-hydrogen) atoms. The van der Waals surface area contributed by atoms with E-state index in [-0.39, 0.29) is 5.56 Å². The van der Waals surface area contributed by atoms with Crippen molar-refractivity contribution in [2.45, 2.75) is 13.2 Å². The molecule has 5 nitrogen and oxygen atoms in total. The van der Waals surface area contributed by atoms with Crippen molar-refractivity contribution in [3.05, 3.63) is 74.7 Å². The van der Waals surface area contributed by atoms with Crippen LogP contribution >= 0.6 is 27.3 Å². The number of thiophene rings is 1. The van der Waals surface area contributed by atoms with Crippen molar-refractivity contribution in [1.82, 2.24) is 14.7 Å². The Balaban J connectivity index is 1.73. The Bertz CT molecular complexity index is 1100. The van der Waals surface area contributed by atoms with Crippen molar-refractivity contribution in [3.63, 3.8) is 0 Å². The number of furan rings is 1. The molecule has 3 aromatic heterocycles. The van der Waals surface area contributed by atoms with Crippen LogP contribution in [-0.2, 0) is 13.2 Å². The maximum atomic E-state index is 12.9. The van der Waals surface area contributed by atoms with Gasteiger partial charge in [0.2, 0.25) is 0 Å². The van der Waals surface area contributed by atoms with Crippen LogP contribution in [0, 0.1) is 0 Å². The van der Waals surface area contributed by atoms with Gasteiger partial charge in [-0.2, -0.15) is 5.10 Å². The lowest BCUT2D eigenvalue weighted by Crippen LogP contribution is -2.31. The van der Waals surface area contributed by atoms with E-state index in [9.17, 15) is 4.79 Å². The highest BCUT2D eigenvalue weighted by atomic mass is 79.9. The number of halogens is 1. The summed E-state index contributed by atoms with van der Waals surface area (Å²) in [6.07, 6.45) is 0. The number of benzene rings is 1. The van der Waals surface area contributed by atoms with Crippen molar-refractivity contribution in [2.75, 3.05) is 7.05 Å². The fraction of sp³-hybridized carbons (Fsp3) is 0.158. The number of nitrogens with zero attached hydrogens (tertiary/aromatic N) is 3. The Morgan fingerprint density at radius 3 is 2.65 bits per heavy atom. The van der Waals surface area contributed by atoms with E-state index in [4.69, 9.17) is 4.42 Å². The average Bonchev–Trinajstić information content (AvgIpc) is 3.29. The molecular formula is C19H16BrN3O2S. The normalized spacial score (nSPS) is 11.5.